The number of aliphatic hydroxyl groups is 1. The van der Waals surface area contributed by atoms with Gasteiger partial charge in [0.25, 0.3) is 5.91 Å². The molecule has 1 saturated heterocycles. The number of anilines is 1. The topological polar surface area (TPSA) is 111 Å². The Kier molecular flexibility index (Phi) is 6.73. The minimum Gasteiger partial charge on any atom is -0.454 e. The SMILES string of the molecule is N#CCCN(C(=O)COC(=O)[C@H]1C[C@H](O)CN1C(=O)C12CC3CC(CC(C3)C1)C2)c1ccccc1F. The van der Waals surface area contributed by atoms with Gasteiger partial charge in [0.15, 0.2) is 6.61 Å². The largest absolute Gasteiger partial charge is 0.454 e. The van der Waals surface area contributed by atoms with Crippen LogP contribution in [0, 0.1) is 40.3 Å². The van der Waals surface area contributed by atoms with Crippen molar-refractivity contribution < 1.29 is 28.6 Å². The molecule has 0 radical (unpaired) electrons. The van der Waals surface area contributed by atoms with Crippen LogP contribution in [-0.2, 0) is 19.1 Å². The van der Waals surface area contributed by atoms with Gasteiger partial charge >= 0.3 is 5.97 Å². The van der Waals surface area contributed by atoms with Gasteiger partial charge in [-0.25, -0.2) is 9.18 Å². The van der Waals surface area contributed by atoms with Crippen LogP contribution in [0.15, 0.2) is 24.3 Å². The third-order valence-corrected chi connectivity index (χ3v) is 8.53. The maximum atomic E-state index is 14.3. The van der Waals surface area contributed by atoms with Gasteiger partial charge < -0.3 is 19.6 Å². The fraction of sp³-hybridized carbons (Fsp3) is 0.630. The lowest BCUT2D eigenvalue weighted by Gasteiger charge is -2.56. The summed E-state index contributed by atoms with van der Waals surface area (Å²) in [6.07, 6.45) is 5.32. The van der Waals surface area contributed by atoms with Crippen molar-refractivity contribution in [3.63, 3.8) is 0 Å². The van der Waals surface area contributed by atoms with Crippen LogP contribution in [0.3, 0.4) is 0 Å². The highest BCUT2D eigenvalue weighted by Crippen LogP contribution is 2.60. The molecule has 5 aliphatic rings. The molecule has 1 aromatic carbocycles. The molecular weight excluding hydrogens is 465 g/mol. The molecule has 0 unspecified atom stereocenters. The van der Waals surface area contributed by atoms with E-state index in [4.69, 9.17) is 10.00 Å². The normalized spacial score (nSPS) is 32.2. The molecule has 5 fully saturated rings. The van der Waals surface area contributed by atoms with E-state index in [1.54, 1.807) is 6.07 Å². The second-order valence-corrected chi connectivity index (χ2v) is 11.1. The molecule has 1 aromatic rings. The van der Waals surface area contributed by atoms with E-state index in [1.807, 2.05) is 6.07 Å². The lowest BCUT2D eigenvalue weighted by Crippen LogP contribution is -2.56. The zero-order valence-electron chi connectivity index (χ0n) is 20.3. The Morgan fingerprint density at radius 1 is 1.11 bits per heavy atom. The van der Waals surface area contributed by atoms with Gasteiger partial charge in [0, 0.05) is 19.5 Å². The summed E-state index contributed by atoms with van der Waals surface area (Å²) < 4.78 is 19.6. The van der Waals surface area contributed by atoms with E-state index in [9.17, 15) is 23.9 Å². The number of hydrogen-bond acceptors (Lipinski definition) is 6. The van der Waals surface area contributed by atoms with Crippen molar-refractivity contribution in [3.8, 4) is 6.07 Å². The Labute approximate surface area is 210 Å². The van der Waals surface area contributed by atoms with Crippen molar-refractivity contribution in [2.24, 2.45) is 23.2 Å². The number of para-hydroxylation sites is 1. The van der Waals surface area contributed by atoms with Gasteiger partial charge in [-0.1, -0.05) is 12.1 Å². The fourth-order valence-electron chi connectivity index (χ4n) is 7.46. The molecular formula is C27H32FN3O5. The Morgan fingerprint density at radius 2 is 1.75 bits per heavy atom. The van der Waals surface area contributed by atoms with E-state index in [-0.39, 0.29) is 37.5 Å². The minimum atomic E-state index is -0.950. The number of aliphatic hydroxyl groups excluding tert-OH is 1. The number of esters is 1. The first-order valence-electron chi connectivity index (χ1n) is 12.9. The average Bonchev–Trinajstić information content (AvgIpc) is 3.24. The Hall–Kier alpha value is -2.99. The third-order valence-electron chi connectivity index (χ3n) is 8.53. The lowest BCUT2D eigenvalue weighted by molar-refractivity contribution is -0.166. The van der Waals surface area contributed by atoms with Crippen molar-refractivity contribution >= 4 is 23.5 Å². The number of β-amino-alcohol motifs (C(OH)–C–C–N with tert-alkyl or cyclic N) is 1. The lowest BCUT2D eigenvalue weighted by atomic mass is 9.49. The molecule has 4 saturated carbocycles. The summed E-state index contributed by atoms with van der Waals surface area (Å²) in [6, 6.07) is 6.68. The predicted octanol–water partition coefficient (Wildman–Crippen LogP) is 2.79. The number of amides is 2. The first-order valence-corrected chi connectivity index (χ1v) is 12.9. The second-order valence-electron chi connectivity index (χ2n) is 11.1. The maximum absolute atomic E-state index is 14.3. The van der Waals surface area contributed by atoms with E-state index < -0.39 is 41.9 Å². The van der Waals surface area contributed by atoms with Crippen molar-refractivity contribution in [1.82, 2.24) is 4.90 Å². The molecule has 1 heterocycles. The van der Waals surface area contributed by atoms with E-state index >= 15 is 0 Å². The number of likely N-dealkylation sites (tertiary alicyclic amines) is 1. The molecule has 0 aromatic heterocycles. The summed E-state index contributed by atoms with van der Waals surface area (Å²) in [6.45, 7) is -0.616. The molecule has 9 heteroatoms. The van der Waals surface area contributed by atoms with Crippen LogP contribution in [-0.4, -0.2) is 59.6 Å². The van der Waals surface area contributed by atoms with Crippen LogP contribution in [0.5, 0.6) is 0 Å². The van der Waals surface area contributed by atoms with Crippen LogP contribution >= 0.6 is 0 Å². The summed E-state index contributed by atoms with van der Waals surface area (Å²) in [5, 5.41) is 19.3. The summed E-state index contributed by atoms with van der Waals surface area (Å²) >= 11 is 0. The van der Waals surface area contributed by atoms with Crippen LogP contribution in [0.25, 0.3) is 0 Å². The second kappa shape index (κ2) is 9.81. The van der Waals surface area contributed by atoms with Gasteiger partial charge in [0.2, 0.25) is 5.91 Å². The molecule has 2 amide bonds. The number of benzene rings is 1. The zero-order chi connectivity index (χ0) is 25.4. The molecule has 8 nitrogen and oxygen atoms in total. The van der Waals surface area contributed by atoms with Gasteiger partial charge in [-0.2, -0.15) is 5.26 Å². The number of nitrogens with zero attached hydrogens (tertiary/aromatic N) is 3. The highest BCUT2D eigenvalue weighted by molar-refractivity contribution is 5.96. The number of ether oxygens (including phenoxy) is 1. The Bertz CT molecular complexity index is 1050. The molecule has 2 atom stereocenters. The summed E-state index contributed by atoms with van der Waals surface area (Å²) in [5.41, 5.74) is -0.449. The first-order chi connectivity index (χ1) is 17.3. The standard InChI is InChI=1S/C27H32FN3O5/c28-21-4-1-2-5-22(21)30(7-3-6-29)24(33)16-36-25(34)23-11-20(32)15-31(23)26(35)27-12-17-8-18(13-27)10-19(9-17)14-27/h1-2,4-5,17-20,23,32H,3,7-16H2/t17?,18?,19?,20-,23+,27?/m0/s1. The average molecular weight is 498 g/mol. The monoisotopic (exact) mass is 497 g/mol. The van der Waals surface area contributed by atoms with Crippen LogP contribution < -0.4 is 4.90 Å². The molecule has 1 aliphatic heterocycles. The van der Waals surface area contributed by atoms with Crippen LogP contribution in [0.2, 0.25) is 0 Å². The zero-order valence-corrected chi connectivity index (χ0v) is 20.3. The molecule has 1 N–H and O–H groups in total. The van der Waals surface area contributed by atoms with Gasteiger partial charge in [0.1, 0.15) is 11.9 Å². The van der Waals surface area contributed by atoms with Gasteiger partial charge in [-0.3, -0.25) is 9.59 Å². The number of carbonyl (C=O) groups is 3. The van der Waals surface area contributed by atoms with Gasteiger partial charge in [0.05, 0.1) is 29.7 Å². The first kappa shape index (κ1) is 24.7. The quantitative estimate of drug-likeness (QED) is 0.580. The summed E-state index contributed by atoms with van der Waals surface area (Å²) in [4.78, 5) is 42.3. The van der Waals surface area contributed by atoms with Crippen molar-refractivity contribution in [2.75, 3.05) is 24.6 Å². The third kappa shape index (κ3) is 4.59. The molecule has 4 bridgehead atoms. The number of nitriles is 1. The molecule has 0 spiro atoms. The van der Waals surface area contributed by atoms with Crippen molar-refractivity contribution in [1.29, 1.82) is 5.26 Å². The van der Waals surface area contributed by atoms with Gasteiger partial charge in [-0.15, -0.1) is 0 Å². The maximum Gasteiger partial charge on any atom is 0.329 e. The summed E-state index contributed by atoms with van der Waals surface area (Å²) in [5.74, 6) is -0.404. The number of hydrogen-bond donors (Lipinski definition) is 1. The Morgan fingerprint density at radius 3 is 2.36 bits per heavy atom. The molecule has 6 rings (SSSR count). The smallest absolute Gasteiger partial charge is 0.329 e. The number of rotatable bonds is 7. The molecule has 36 heavy (non-hydrogen) atoms. The minimum absolute atomic E-state index is 0.00343. The van der Waals surface area contributed by atoms with Crippen LogP contribution in [0.1, 0.15) is 51.4 Å². The number of halogens is 1. The number of carbonyl (C=O) groups excluding carboxylic acids is 3. The van der Waals surface area contributed by atoms with Crippen molar-refractivity contribution in [3.05, 3.63) is 30.1 Å². The van der Waals surface area contributed by atoms with E-state index in [0.29, 0.717) is 17.8 Å². The predicted molar refractivity (Wildman–Crippen MR) is 127 cm³/mol. The highest BCUT2D eigenvalue weighted by atomic mass is 19.1. The van der Waals surface area contributed by atoms with Crippen molar-refractivity contribution in [2.45, 2.75) is 63.5 Å². The molecule has 192 valence electrons. The van der Waals surface area contributed by atoms with E-state index in [0.717, 1.165) is 24.2 Å². The van der Waals surface area contributed by atoms with Gasteiger partial charge in [-0.05, 0) is 68.4 Å². The van der Waals surface area contributed by atoms with E-state index in [1.165, 1.54) is 42.4 Å². The molecule has 4 aliphatic carbocycles. The summed E-state index contributed by atoms with van der Waals surface area (Å²) in [7, 11) is 0. The highest BCUT2D eigenvalue weighted by Gasteiger charge is 2.57. The van der Waals surface area contributed by atoms with E-state index in [2.05, 4.69) is 0 Å². The Balaban J connectivity index is 1.26. The fourth-order valence-corrected chi connectivity index (χ4v) is 7.46. The van der Waals surface area contributed by atoms with Crippen LogP contribution in [0.4, 0.5) is 10.1 Å².